The number of anilines is 1. The Morgan fingerprint density at radius 3 is 2.31 bits per heavy atom. The zero-order chi connectivity index (χ0) is 11.8. The van der Waals surface area contributed by atoms with Crippen LogP contribution < -0.4 is 5.73 Å². The van der Waals surface area contributed by atoms with Gasteiger partial charge in [0.05, 0.1) is 11.0 Å². The van der Waals surface area contributed by atoms with Crippen LogP contribution in [0.25, 0.3) is 11.0 Å². The monoisotopic (exact) mass is 229 g/mol. The largest absolute Gasteiger partial charge is 0.412 e. The summed E-state index contributed by atoms with van der Waals surface area (Å²) >= 11 is 0. The normalized spacial score (nSPS) is 8.06. The lowest BCUT2D eigenvalue weighted by atomic mass is 10.3. The number of benzene rings is 1. The van der Waals surface area contributed by atoms with Crippen molar-refractivity contribution in [2.45, 2.75) is 34.6 Å². The quantitative estimate of drug-likeness (QED) is 0.680. The first-order chi connectivity index (χ1) is 7.25. The highest BCUT2D eigenvalue weighted by Crippen LogP contribution is 2.13. The summed E-state index contributed by atoms with van der Waals surface area (Å²) in [6, 6.07) is 5.64. The number of nitrogens with one attached hydrogen (secondary N) is 1. The number of aromatic amines is 1. The van der Waals surface area contributed by atoms with Crippen molar-refractivity contribution < 1.29 is 8.33 Å². The van der Waals surface area contributed by atoms with Crippen LogP contribution in [-0.4, -0.2) is 15.4 Å². The third-order valence-electron chi connectivity index (χ3n) is 1.62. The molecule has 0 radical (unpaired) electrons. The number of hydrogen-bond acceptors (Lipinski definition) is 2. The number of aryl methyl sites for hydroxylation is 1. The van der Waals surface area contributed by atoms with Gasteiger partial charge in [-0.3, -0.25) is 0 Å². The Morgan fingerprint density at radius 2 is 1.75 bits per heavy atom. The van der Waals surface area contributed by atoms with Crippen molar-refractivity contribution in [1.29, 1.82) is 0 Å². The summed E-state index contributed by atoms with van der Waals surface area (Å²) in [5.74, 6) is 0.922. The Hall–Kier alpha value is -1.55. The maximum Gasteiger partial charge on any atom is 0.104 e. The zero-order valence-corrected chi connectivity index (χ0v) is 10.8. The van der Waals surface area contributed by atoms with Gasteiger partial charge in [0.25, 0.3) is 0 Å². The van der Waals surface area contributed by atoms with Crippen molar-refractivity contribution in [3.63, 3.8) is 0 Å². The van der Waals surface area contributed by atoms with E-state index in [-0.39, 0.29) is 8.33 Å². The van der Waals surface area contributed by atoms with Crippen LogP contribution in [0.5, 0.6) is 0 Å². The minimum Gasteiger partial charge on any atom is -0.412 e. The molecule has 0 bridgehead atoms. The minimum atomic E-state index is 0. The van der Waals surface area contributed by atoms with Crippen molar-refractivity contribution in [2.24, 2.45) is 0 Å². The van der Waals surface area contributed by atoms with Gasteiger partial charge in [0, 0.05) is 8.54 Å². The van der Waals surface area contributed by atoms with Gasteiger partial charge >= 0.3 is 0 Å². The molecule has 0 saturated heterocycles. The fraction of sp³-hybridized carbons (Fsp3) is 0.417. The van der Waals surface area contributed by atoms with Gasteiger partial charge in [-0.2, -0.15) is 0 Å². The number of nitrogen functional groups attached to an aromatic ring is 1. The number of rotatable bonds is 0. The molecule has 0 aliphatic rings. The molecule has 0 unspecified atom stereocenters. The molecule has 0 spiro atoms. The fourth-order valence-electron chi connectivity index (χ4n) is 1.15. The zero-order valence-electron chi connectivity index (χ0n) is 10.8. The lowest BCUT2D eigenvalue weighted by molar-refractivity contribution is 0.824. The van der Waals surface area contributed by atoms with Crippen molar-refractivity contribution in [3.05, 3.63) is 24.0 Å². The second kappa shape index (κ2) is 8.73. The molecule has 1 aromatic heterocycles. The van der Waals surface area contributed by atoms with Gasteiger partial charge in [0.15, 0.2) is 0 Å². The van der Waals surface area contributed by atoms with E-state index in [4.69, 9.17) is 5.73 Å². The van der Waals surface area contributed by atoms with E-state index < -0.39 is 0 Å². The molecule has 96 valence electrons. The summed E-state index contributed by atoms with van der Waals surface area (Å²) in [6.45, 7) is 9.93. The molecule has 0 amide bonds. The molecular formula is C12H27N3O. The van der Waals surface area contributed by atoms with Gasteiger partial charge in [0.1, 0.15) is 5.82 Å². The topological polar surface area (TPSA) is 86.2 Å². The number of nitrogens with zero attached hydrogens (tertiary/aromatic N) is 1. The van der Waals surface area contributed by atoms with Crippen LogP contribution in [0.15, 0.2) is 18.2 Å². The van der Waals surface area contributed by atoms with E-state index >= 15 is 0 Å². The summed E-state index contributed by atoms with van der Waals surface area (Å²) in [5, 5.41) is 0. The number of hydrogen-bond donors (Lipinski definition) is 2. The van der Waals surface area contributed by atoms with E-state index in [2.05, 4.69) is 9.97 Å². The molecule has 0 aliphatic carbocycles. The Labute approximate surface area is 100 Å². The van der Waals surface area contributed by atoms with E-state index in [9.17, 15) is 0 Å². The van der Waals surface area contributed by atoms with Crippen molar-refractivity contribution in [2.75, 3.05) is 5.73 Å². The molecule has 2 rings (SSSR count). The van der Waals surface area contributed by atoms with Gasteiger partial charge < -0.3 is 16.2 Å². The lowest BCUT2D eigenvalue weighted by Crippen LogP contribution is -1.82. The number of fused-ring (bicyclic) bond motifs is 1. The average molecular weight is 229 g/mol. The molecule has 1 heterocycles. The second-order valence-corrected chi connectivity index (χ2v) is 2.60. The SMILES string of the molecule is CC.CC.Cc1nc2ccc(N)cc2[nH]1.O.[HH].[HH]. The molecule has 1 aromatic carbocycles. The minimum absolute atomic E-state index is 0. The Bertz CT molecular complexity index is 405. The summed E-state index contributed by atoms with van der Waals surface area (Å²) < 4.78 is 0. The Balaban J connectivity index is -0.000000129. The third kappa shape index (κ3) is 4.31. The van der Waals surface area contributed by atoms with Crippen LogP contribution >= 0.6 is 0 Å². The molecule has 4 nitrogen and oxygen atoms in total. The number of aromatic nitrogens is 2. The number of nitrogens with two attached hydrogens (primary N) is 1. The van der Waals surface area contributed by atoms with E-state index in [0.717, 1.165) is 22.5 Å². The van der Waals surface area contributed by atoms with E-state index in [0.29, 0.717) is 0 Å². The molecular weight excluding hydrogens is 202 g/mol. The summed E-state index contributed by atoms with van der Waals surface area (Å²) in [5.41, 5.74) is 8.32. The summed E-state index contributed by atoms with van der Waals surface area (Å²) in [7, 11) is 0. The smallest absolute Gasteiger partial charge is 0.104 e. The number of H-pyrrole nitrogens is 1. The van der Waals surface area contributed by atoms with Gasteiger partial charge in [-0.1, -0.05) is 27.7 Å². The highest BCUT2D eigenvalue weighted by Gasteiger charge is 1.97. The van der Waals surface area contributed by atoms with E-state index in [1.54, 1.807) is 0 Å². The van der Waals surface area contributed by atoms with E-state index in [1.165, 1.54) is 0 Å². The predicted octanol–water partition coefficient (Wildman–Crippen LogP) is 3.17. The number of imidazole rings is 1. The molecule has 0 aliphatic heterocycles. The Morgan fingerprint density at radius 1 is 1.19 bits per heavy atom. The van der Waals surface area contributed by atoms with E-state index in [1.807, 2.05) is 52.8 Å². The predicted molar refractivity (Wildman–Crippen MR) is 75.8 cm³/mol. The molecule has 0 saturated carbocycles. The first-order valence-electron chi connectivity index (χ1n) is 5.47. The fourth-order valence-corrected chi connectivity index (χ4v) is 1.15. The molecule has 0 atom stereocenters. The second-order valence-electron chi connectivity index (χ2n) is 2.60. The first kappa shape index (κ1) is 16.9. The average Bonchev–Trinajstić information content (AvgIpc) is 2.63. The van der Waals surface area contributed by atoms with Crippen LogP contribution in [-0.2, 0) is 0 Å². The first-order valence-corrected chi connectivity index (χ1v) is 5.47. The van der Waals surface area contributed by atoms with Gasteiger partial charge in [-0.05, 0) is 25.1 Å². The van der Waals surface area contributed by atoms with Crippen LogP contribution in [0.2, 0.25) is 0 Å². The van der Waals surface area contributed by atoms with Gasteiger partial charge in [-0.15, -0.1) is 0 Å². The van der Waals surface area contributed by atoms with Crippen molar-refractivity contribution in [1.82, 2.24) is 9.97 Å². The van der Waals surface area contributed by atoms with Gasteiger partial charge in [-0.25, -0.2) is 4.98 Å². The van der Waals surface area contributed by atoms with Crippen molar-refractivity contribution >= 4 is 16.7 Å². The summed E-state index contributed by atoms with van der Waals surface area (Å²) in [6.07, 6.45) is 0. The molecule has 2 aromatic rings. The summed E-state index contributed by atoms with van der Waals surface area (Å²) in [4.78, 5) is 7.35. The third-order valence-corrected chi connectivity index (χ3v) is 1.62. The molecule has 16 heavy (non-hydrogen) atoms. The van der Waals surface area contributed by atoms with Gasteiger partial charge in [0.2, 0.25) is 0 Å². The lowest BCUT2D eigenvalue weighted by Gasteiger charge is -1.89. The molecule has 0 fully saturated rings. The highest BCUT2D eigenvalue weighted by atomic mass is 16.0. The van der Waals surface area contributed by atoms with Crippen LogP contribution in [0.4, 0.5) is 5.69 Å². The maximum absolute atomic E-state index is 5.59. The Kier molecular flexibility index (Phi) is 9.21. The van der Waals surface area contributed by atoms with Crippen LogP contribution in [0.3, 0.4) is 0 Å². The highest BCUT2D eigenvalue weighted by molar-refractivity contribution is 5.78. The standard InChI is InChI=1S/C8H9N3.2C2H6.H2O.2H2/c1-5-10-7-3-2-6(9)4-8(7)11-5;2*1-2;;;/h2-4H,9H2,1H3,(H,10,11);2*1-2H3;1H2;2*1H. The van der Waals surface area contributed by atoms with Crippen LogP contribution in [0, 0.1) is 6.92 Å². The van der Waals surface area contributed by atoms with Crippen molar-refractivity contribution in [3.8, 4) is 0 Å². The molecule has 5 N–H and O–H groups in total. The maximum atomic E-state index is 5.59. The molecule has 4 heteroatoms. The van der Waals surface area contributed by atoms with Crippen LogP contribution in [0.1, 0.15) is 36.4 Å².